The van der Waals surface area contributed by atoms with E-state index in [1.807, 2.05) is 4.90 Å². The number of carbonyl (C=O) groups is 1. The van der Waals surface area contributed by atoms with E-state index in [-0.39, 0.29) is 23.7 Å². The molecule has 1 aromatic heterocycles. The van der Waals surface area contributed by atoms with E-state index in [0.29, 0.717) is 19.6 Å². The molecule has 1 fully saturated rings. The number of aromatic nitrogens is 2. The van der Waals surface area contributed by atoms with Gasteiger partial charge in [0.2, 0.25) is 11.9 Å². The number of benzene rings is 1. The molecule has 0 bridgehead atoms. The molecule has 7 heteroatoms. The molecule has 0 atom stereocenters. The summed E-state index contributed by atoms with van der Waals surface area (Å²) in [4.78, 5) is 25.9. The Morgan fingerprint density at radius 1 is 1.21 bits per heavy atom. The van der Waals surface area contributed by atoms with E-state index >= 15 is 0 Å². The summed E-state index contributed by atoms with van der Waals surface area (Å²) >= 11 is 0. The van der Waals surface area contributed by atoms with Gasteiger partial charge in [-0.25, -0.2) is 14.4 Å². The monoisotopic (exact) mass is 397 g/mol. The lowest BCUT2D eigenvalue weighted by molar-refractivity contribution is -0.136. The second-order valence-electron chi connectivity index (χ2n) is 8.10. The van der Waals surface area contributed by atoms with Crippen molar-refractivity contribution in [3.8, 4) is 0 Å². The van der Waals surface area contributed by atoms with Crippen molar-refractivity contribution < 1.29 is 9.18 Å². The summed E-state index contributed by atoms with van der Waals surface area (Å²) in [5.41, 5.74) is 8.72. The predicted molar refractivity (Wildman–Crippen MR) is 109 cm³/mol. The maximum Gasteiger partial charge on any atom is 0.237 e. The Morgan fingerprint density at radius 2 is 1.97 bits per heavy atom. The van der Waals surface area contributed by atoms with Gasteiger partial charge in [-0.3, -0.25) is 9.69 Å². The van der Waals surface area contributed by atoms with E-state index in [2.05, 4.69) is 14.9 Å². The Morgan fingerprint density at radius 3 is 2.72 bits per heavy atom. The zero-order chi connectivity index (χ0) is 20.2. The Balaban J connectivity index is 1.46. The molecule has 6 nitrogen and oxygen atoms in total. The molecule has 1 saturated carbocycles. The fourth-order valence-corrected chi connectivity index (χ4v) is 4.39. The molecule has 0 saturated heterocycles. The van der Waals surface area contributed by atoms with E-state index in [1.54, 1.807) is 18.3 Å². The number of hydrogen-bond acceptors (Lipinski definition) is 5. The Bertz CT molecular complexity index is 851. The zero-order valence-corrected chi connectivity index (χ0v) is 16.7. The first-order chi connectivity index (χ1) is 14.1. The van der Waals surface area contributed by atoms with E-state index in [0.717, 1.165) is 55.5 Å². The van der Waals surface area contributed by atoms with Gasteiger partial charge in [0.1, 0.15) is 5.82 Å². The van der Waals surface area contributed by atoms with Crippen LogP contribution in [0.25, 0.3) is 0 Å². The molecule has 2 aromatic rings. The van der Waals surface area contributed by atoms with Crippen LogP contribution >= 0.6 is 0 Å². The molecule has 4 rings (SSSR count). The molecule has 2 heterocycles. The number of fused-ring (bicyclic) bond motifs is 1. The van der Waals surface area contributed by atoms with Crippen LogP contribution in [-0.4, -0.2) is 44.8 Å². The van der Waals surface area contributed by atoms with E-state index in [1.165, 1.54) is 18.6 Å². The topological polar surface area (TPSA) is 75.3 Å². The number of rotatable bonds is 5. The molecule has 29 heavy (non-hydrogen) atoms. The van der Waals surface area contributed by atoms with Gasteiger partial charge >= 0.3 is 0 Å². The second kappa shape index (κ2) is 8.86. The van der Waals surface area contributed by atoms with Gasteiger partial charge in [-0.2, -0.15) is 0 Å². The van der Waals surface area contributed by atoms with E-state index < -0.39 is 0 Å². The third-order valence-corrected chi connectivity index (χ3v) is 6.00. The summed E-state index contributed by atoms with van der Waals surface area (Å²) in [5.74, 6) is 0.154. The number of amides is 1. The molecule has 0 radical (unpaired) electrons. The van der Waals surface area contributed by atoms with Crippen LogP contribution in [0.15, 0.2) is 30.5 Å². The Hall–Kier alpha value is -2.54. The van der Waals surface area contributed by atoms with Gasteiger partial charge in [-0.15, -0.1) is 0 Å². The van der Waals surface area contributed by atoms with Crippen LogP contribution in [0.2, 0.25) is 0 Å². The molecule has 2 N–H and O–H groups in total. The number of nitrogens with zero attached hydrogens (tertiary/aromatic N) is 4. The van der Waals surface area contributed by atoms with Gasteiger partial charge in [-0.1, -0.05) is 31.4 Å². The summed E-state index contributed by atoms with van der Waals surface area (Å²) in [6.45, 7) is 2.31. The largest absolute Gasteiger partial charge is 0.368 e. The number of halogens is 1. The minimum Gasteiger partial charge on any atom is -0.368 e. The van der Waals surface area contributed by atoms with Crippen LogP contribution in [0.1, 0.15) is 48.9 Å². The first-order valence-corrected chi connectivity index (χ1v) is 10.4. The highest BCUT2D eigenvalue weighted by atomic mass is 19.1. The number of hydrogen-bond donors (Lipinski definition) is 1. The molecule has 154 valence electrons. The second-order valence-corrected chi connectivity index (χ2v) is 8.10. The average molecular weight is 397 g/mol. The zero-order valence-electron chi connectivity index (χ0n) is 16.7. The molecule has 2 aliphatic rings. The molecule has 1 aliphatic carbocycles. The standard InChI is InChI=1S/C22H28FN5O/c23-18-8-6-16(7-9-18)13-28(19-4-2-1-3-5-19)21(29)15-27-11-10-17-12-25-22(24)26-20(17)14-27/h6-9,12,19H,1-5,10-11,13-15H2,(H2,24,25,26). The molecule has 1 aromatic carbocycles. The highest BCUT2D eigenvalue weighted by Crippen LogP contribution is 2.25. The van der Waals surface area contributed by atoms with Crippen LogP contribution in [0.3, 0.4) is 0 Å². The number of anilines is 1. The summed E-state index contributed by atoms with van der Waals surface area (Å²) in [6.07, 6.45) is 8.25. The molecular formula is C22H28FN5O. The van der Waals surface area contributed by atoms with Crippen molar-refractivity contribution in [1.29, 1.82) is 0 Å². The third-order valence-electron chi connectivity index (χ3n) is 6.00. The van der Waals surface area contributed by atoms with Crippen molar-refractivity contribution in [3.63, 3.8) is 0 Å². The number of nitrogen functional groups attached to an aromatic ring is 1. The summed E-state index contributed by atoms with van der Waals surface area (Å²) in [7, 11) is 0. The van der Waals surface area contributed by atoms with Gasteiger partial charge in [0.25, 0.3) is 0 Å². The van der Waals surface area contributed by atoms with Gasteiger partial charge < -0.3 is 10.6 Å². The molecule has 0 spiro atoms. The van der Waals surface area contributed by atoms with Crippen molar-refractivity contribution in [2.75, 3.05) is 18.8 Å². The first-order valence-electron chi connectivity index (χ1n) is 10.4. The maximum atomic E-state index is 13.3. The molecule has 0 unspecified atom stereocenters. The quantitative estimate of drug-likeness (QED) is 0.840. The lowest BCUT2D eigenvalue weighted by Crippen LogP contribution is -2.47. The van der Waals surface area contributed by atoms with Crippen LogP contribution in [0.5, 0.6) is 0 Å². The average Bonchev–Trinajstić information content (AvgIpc) is 2.73. The lowest BCUT2D eigenvalue weighted by Gasteiger charge is -2.36. The highest BCUT2D eigenvalue weighted by molar-refractivity contribution is 5.78. The van der Waals surface area contributed by atoms with Gasteiger partial charge in [0.05, 0.1) is 12.2 Å². The van der Waals surface area contributed by atoms with E-state index in [9.17, 15) is 9.18 Å². The van der Waals surface area contributed by atoms with Crippen LogP contribution in [-0.2, 0) is 24.3 Å². The van der Waals surface area contributed by atoms with Crippen molar-refractivity contribution in [1.82, 2.24) is 19.8 Å². The number of nitrogens with two attached hydrogens (primary N) is 1. The third kappa shape index (κ3) is 4.90. The smallest absolute Gasteiger partial charge is 0.237 e. The SMILES string of the molecule is Nc1ncc2c(n1)CN(CC(=O)N(Cc1ccc(F)cc1)C1CCCCC1)CC2. The van der Waals surface area contributed by atoms with Crippen LogP contribution < -0.4 is 5.73 Å². The molecular weight excluding hydrogens is 369 g/mol. The van der Waals surface area contributed by atoms with Crippen molar-refractivity contribution in [2.24, 2.45) is 0 Å². The fraction of sp³-hybridized carbons (Fsp3) is 0.500. The summed E-state index contributed by atoms with van der Waals surface area (Å²) in [6, 6.07) is 6.73. The Labute approximate surface area is 170 Å². The summed E-state index contributed by atoms with van der Waals surface area (Å²) in [5, 5.41) is 0. The van der Waals surface area contributed by atoms with E-state index in [4.69, 9.17) is 5.73 Å². The van der Waals surface area contributed by atoms with Crippen molar-refractivity contribution in [3.05, 3.63) is 53.1 Å². The van der Waals surface area contributed by atoms with Gasteiger partial charge in [-0.05, 0) is 42.5 Å². The number of carbonyl (C=O) groups excluding carboxylic acids is 1. The Kier molecular flexibility index (Phi) is 6.04. The maximum absolute atomic E-state index is 13.3. The predicted octanol–water partition coefficient (Wildman–Crippen LogP) is 2.92. The van der Waals surface area contributed by atoms with Crippen LogP contribution in [0, 0.1) is 5.82 Å². The van der Waals surface area contributed by atoms with Crippen molar-refractivity contribution in [2.45, 2.75) is 57.7 Å². The summed E-state index contributed by atoms with van der Waals surface area (Å²) < 4.78 is 13.3. The van der Waals surface area contributed by atoms with Gasteiger partial charge in [0.15, 0.2) is 0 Å². The van der Waals surface area contributed by atoms with Gasteiger partial charge in [0, 0.05) is 31.9 Å². The van der Waals surface area contributed by atoms with Crippen LogP contribution in [0.4, 0.5) is 10.3 Å². The minimum atomic E-state index is -0.252. The minimum absolute atomic E-state index is 0.131. The normalized spacial score (nSPS) is 17.7. The molecule has 1 amide bonds. The fourth-order valence-electron chi connectivity index (χ4n) is 4.39. The van der Waals surface area contributed by atoms with Crippen molar-refractivity contribution >= 4 is 11.9 Å². The lowest BCUT2D eigenvalue weighted by atomic mass is 9.93. The molecule has 1 aliphatic heterocycles. The first kappa shape index (κ1) is 19.8. The highest BCUT2D eigenvalue weighted by Gasteiger charge is 2.28.